The number of rotatable bonds is 4. The number of anilines is 2. The van der Waals surface area contributed by atoms with E-state index in [1.54, 1.807) is 0 Å². The molecule has 6 nitrogen and oxygen atoms in total. The quantitative estimate of drug-likeness (QED) is 0.888. The minimum Gasteiger partial charge on any atom is -0.381 e. The Morgan fingerprint density at radius 2 is 2.21 bits per heavy atom. The van der Waals surface area contributed by atoms with E-state index >= 15 is 0 Å². The topological polar surface area (TPSA) is 90.0 Å². The maximum absolute atomic E-state index is 13.0. The molecule has 0 aliphatic heterocycles. The van der Waals surface area contributed by atoms with E-state index in [1.165, 1.54) is 29.1 Å². The van der Waals surface area contributed by atoms with Crippen LogP contribution in [-0.4, -0.2) is 18.2 Å². The van der Waals surface area contributed by atoms with Gasteiger partial charge >= 0.3 is 0 Å². The predicted molar refractivity (Wildman–Crippen MR) is 69.5 cm³/mol. The normalized spacial score (nSPS) is 11.5. The van der Waals surface area contributed by atoms with Crippen molar-refractivity contribution in [1.29, 1.82) is 0 Å². The van der Waals surface area contributed by atoms with E-state index in [0.29, 0.717) is 6.54 Å². The average molecular weight is 284 g/mol. The smallest absolute Gasteiger partial charge is 0.267 e. The number of nitrogens with one attached hydrogen (secondary N) is 1. The molecule has 0 amide bonds. The molecular weight excluding hydrogens is 271 g/mol. The molecule has 0 bridgehead atoms. The largest absolute Gasteiger partial charge is 0.381 e. The lowest BCUT2D eigenvalue weighted by Crippen LogP contribution is -2.14. The molecule has 102 valence electrons. The number of aromatic nitrogens is 2. The standard InChI is InChI=1S/C11H13FN4O2S/c1-2-16-7-10(11(13)14-16)19(17,18)15-9-5-3-4-8(12)6-9/h3-7,15H,2H2,1H3,(H2,13,14). The number of halogens is 1. The van der Waals surface area contributed by atoms with E-state index in [0.717, 1.165) is 6.07 Å². The molecule has 0 fully saturated rings. The minimum absolute atomic E-state index is 0.0919. The third-order valence-corrected chi connectivity index (χ3v) is 3.84. The van der Waals surface area contributed by atoms with Crippen LogP contribution in [0.2, 0.25) is 0 Å². The summed E-state index contributed by atoms with van der Waals surface area (Å²) in [4.78, 5) is -0.126. The minimum atomic E-state index is -3.88. The highest BCUT2D eigenvalue weighted by Gasteiger charge is 2.21. The number of hydrogen-bond donors (Lipinski definition) is 2. The van der Waals surface area contributed by atoms with E-state index < -0.39 is 15.8 Å². The van der Waals surface area contributed by atoms with Gasteiger partial charge in [-0.15, -0.1) is 0 Å². The van der Waals surface area contributed by atoms with Crippen molar-refractivity contribution >= 4 is 21.5 Å². The van der Waals surface area contributed by atoms with Crippen LogP contribution >= 0.6 is 0 Å². The van der Waals surface area contributed by atoms with Gasteiger partial charge in [-0.25, -0.2) is 12.8 Å². The first kappa shape index (κ1) is 13.3. The highest BCUT2D eigenvalue weighted by Crippen LogP contribution is 2.20. The molecular formula is C11H13FN4O2S. The number of nitrogens with zero attached hydrogens (tertiary/aromatic N) is 2. The second-order valence-corrected chi connectivity index (χ2v) is 5.50. The summed E-state index contributed by atoms with van der Waals surface area (Å²) in [6.07, 6.45) is 1.33. The molecule has 0 spiro atoms. The molecule has 0 aliphatic carbocycles. The second kappa shape index (κ2) is 4.88. The van der Waals surface area contributed by atoms with Gasteiger partial charge in [0.05, 0.1) is 5.69 Å². The molecule has 19 heavy (non-hydrogen) atoms. The number of hydrogen-bond acceptors (Lipinski definition) is 4. The Balaban J connectivity index is 2.34. The molecule has 1 aromatic heterocycles. The Bertz CT molecular complexity index is 696. The summed E-state index contributed by atoms with van der Waals surface area (Å²) in [7, 11) is -3.88. The lowest BCUT2D eigenvalue weighted by Gasteiger charge is -2.06. The summed E-state index contributed by atoms with van der Waals surface area (Å²) >= 11 is 0. The summed E-state index contributed by atoms with van der Waals surface area (Å²) in [6, 6.07) is 5.16. The Morgan fingerprint density at radius 3 is 2.79 bits per heavy atom. The number of nitrogens with two attached hydrogens (primary N) is 1. The molecule has 0 saturated heterocycles. The molecule has 0 atom stereocenters. The van der Waals surface area contributed by atoms with Crippen LogP contribution < -0.4 is 10.5 Å². The highest BCUT2D eigenvalue weighted by atomic mass is 32.2. The maximum Gasteiger partial charge on any atom is 0.267 e. The summed E-state index contributed by atoms with van der Waals surface area (Å²) < 4.78 is 40.9. The fraction of sp³-hybridized carbons (Fsp3) is 0.182. The molecule has 2 aromatic rings. The Kier molecular flexibility index (Phi) is 3.43. The number of nitrogen functional groups attached to an aromatic ring is 1. The van der Waals surface area contributed by atoms with E-state index in [4.69, 9.17) is 5.73 Å². The van der Waals surface area contributed by atoms with Gasteiger partial charge in [0.25, 0.3) is 10.0 Å². The van der Waals surface area contributed by atoms with Crippen LogP contribution in [-0.2, 0) is 16.6 Å². The first-order valence-corrected chi connectivity index (χ1v) is 7.02. The van der Waals surface area contributed by atoms with Crippen molar-refractivity contribution in [3.05, 3.63) is 36.3 Å². The molecule has 0 saturated carbocycles. The van der Waals surface area contributed by atoms with Gasteiger partial charge in [0, 0.05) is 12.7 Å². The Labute approximate surface area is 110 Å². The molecule has 0 unspecified atom stereocenters. The van der Waals surface area contributed by atoms with Crippen molar-refractivity contribution < 1.29 is 12.8 Å². The second-order valence-electron chi connectivity index (χ2n) is 3.85. The summed E-state index contributed by atoms with van der Waals surface area (Å²) in [6.45, 7) is 2.31. The van der Waals surface area contributed by atoms with E-state index in [-0.39, 0.29) is 16.4 Å². The molecule has 1 aromatic carbocycles. The molecule has 0 aliphatic rings. The van der Waals surface area contributed by atoms with E-state index in [9.17, 15) is 12.8 Å². The third kappa shape index (κ3) is 2.84. The zero-order valence-electron chi connectivity index (χ0n) is 10.2. The Hall–Kier alpha value is -2.09. The SMILES string of the molecule is CCn1cc(S(=O)(=O)Nc2cccc(F)c2)c(N)n1. The summed E-state index contributed by atoms with van der Waals surface area (Å²) in [5.41, 5.74) is 5.69. The van der Waals surface area contributed by atoms with Gasteiger partial charge in [-0.2, -0.15) is 5.10 Å². The van der Waals surface area contributed by atoms with Crippen LogP contribution in [0.25, 0.3) is 0 Å². The number of benzene rings is 1. The first-order valence-electron chi connectivity index (χ1n) is 5.53. The fourth-order valence-corrected chi connectivity index (χ4v) is 2.67. The zero-order valence-corrected chi connectivity index (χ0v) is 11.0. The van der Waals surface area contributed by atoms with Gasteiger partial charge in [-0.1, -0.05) is 6.07 Å². The van der Waals surface area contributed by atoms with Crippen LogP contribution in [0, 0.1) is 5.82 Å². The first-order chi connectivity index (χ1) is 8.92. The van der Waals surface area contributed by atoms with Crippen molar-refractivity contribution in [3.8, 4) is 0 Å². The van der Waals surface area contributed by atoms with Gasteiger partial charge in [0.1, 0.15) is 10.7 Å². The van der Waals surface area contributed by atoms with Crippen LogP contribution in [0.15, 0.2) is 35.4 Å². The molecule has 0 radical (unpaired) electrons. The Morgan fingerprint density at radius 1 is 1.47 bits per heavy atom. The van der Waals surface area contributed by atoms with Crippen molar-refractivity contribution in [2.24, 2.45) is 0 Å². The van der Waals surface area contributed by atoms with Crippen LogP contribution in [0.1, 0.15) is 6.92 Å². The van der Waals surface area contributed by atoms with E-state index in [1.807, 2.05) is 6.92 Å². The van der Waals surface area contributed by atoms with E-state index in [2.05, 4.69) is 9.82 Å². The molecule has 8 heteroatoms. The van der Waals surface area contributed by atoms with Crippen molar-refractivity contribution in [2.75, 3.05) is 10.5 Å². The number of aryl methyl sites for hydroxylation is 1. The van der Waals surface area contributed by atoms with Gasteiger partial charge in [-0.05, 0) is 25.1 Å². The monoisotopic (exact) mass is 284 g/mol. The average Bonchev–Trinajstić information content (AvgIpc) is 2.71. The molecule has 3 N–H and O–H groups in total. The van der Waals surface area contributed by atoms with Gasteiger partial charge in [0.15, 0.2) is 5.82 Å². The zero-order chi connectivity index (χ0) is 14.0. The summed E-state index contributed by atoms with van der Waals surface area (Å²) in [5, 5.41) is 3.86. The maximum atomic E-state index is 13.0. The van der Waals surface area contributed by atoms with Crippen LogP contribution in [0.3, 0.4) is 0 Å². The number of sulfonamides is 1. The van der Waals surface area contributed by atoms with Crippen molar-refractivity contribution in [1.82, 2.24) is 9.78 Å². The lowest BCUT2D eigenvalue weighted by atomic mass is 10.3. The van der Waals surface area contributed by atoms with Crippen LogP contribution in [0.5, 0.6) is 0 Å². The fourth-order valence-electron chi connectivity index (χ4n) is 1.55. The van der Waals surface area contributed by atoms with Crippen molar-refractivity contribution in [2.45, 2.75) is 18.4 Å². The van der Waals surface area contributed by atoms with Gasteiger partial charge in [0.2, 0.25) is 0 Å². The molecule has 1 heterocycles. The van der Waals surface area contributed by atoms with Crippen molar-refractivity contribution in [3.63, 3.8) is 0 Å². The predicted octanol–water partition coefficient (Wildman–Crippen LogP) is 1.43. The molecule has 2 rings (SSSR count). The summed E-state index contributed by atoms with van der Waals surface area (Å²) in [5.74, 6) is -0.622. The third-order valence-electron chi connectivity index (χ3n) is 2.45. The van der Waals surface area contributed by atoms with Gasteiger partial charge in [-0.3, -0.25) is 9.40 Å². The van der Waals surface area contributed by atoms with Crippen LogP contribution in [0.4, 0.5) is 15.9 Å². The lowest BCUT2D eigenvalue weighted by molar-refractivity contribution is 0.600. The van der Waals surface area contributed by atoms with Gasteiger partial charge < -0.3 is 5.73 Å². The highest BCUT2D eigenvalue weighted by molar-refractivity contribution is 7.92.